The minimum atomic E-state index is -0.704. The first-order valence-corrected chi connectivity index (χ1v) is 11.7. The summed E-state index contributed by atoms with van der Waals surface area (Å²) < 4.78 is 5.76. The Labute approximate surface area is 203 Å². The summed E-state index contributed by atoms with van der Waals surface area (Å²) in [6, 6.07) is 21.5. The molecule has 0 aliphatic carbocycles. The summed E-state index contributed by atoms with van der Waals surface area (Å²) in [6.07, 6.45) is 1.37. The molecule has 2 heterocycles. The van der Waals surface area contributed by atoms with Gasteiger partial charge in [0, 0.05) is 23.6 Å². The first kappa shape index (κ1) is 22.2. The van der Waals surface area contributed by atoms with E-state index in [9.17, 15) is 14.7 Å². The number of Topliss-reactive ketones (excluding diaryl/α,β-unsaturated/α-hetero) is 1. The van der Waals surface area contributed by atoms with Gasteiger partial charge in [-0.05, 0) is 60.4 Å². The van der Waals surface area contributed by atoms with Crippen molar-refractivity contribution < 1.29 is 19.4 Å². The number of carbonyl (C=O) groups is 2. The number of halogens is 1. The van der Waals surface area contributed by atoms with Gasteiger partial charge >= 0.3 is 0 Å². The predicted molar refractivity (Wildman–Crippen MR) is 131 cm³/mol. The maximum absolute atomic E-state index is 13.2. The molecule has 5 nitrogen and oxygen atoms in total. The van der Waals surface area contributed by atoms with E-state index >= 15 is 0 Å². The van der Waals surface area contributed by atoms with Crippen molar-refractivity contribution in [2.45, 2.75) is 31.9 Å². The standard InChI is InChI=1S/C28H24ClNO4/c1-17-15-21-16-20(9-12-23(21)34-17)26(31)24-25(19-7-10-22(29)11-8-19)30(28(33)27(24)32)14-13-18-5-3-2-4-6-18/h2-12,16-17,25,31H,13-15H2,1H3/b26-24-. The first-order chi connectivity index (χ1) is 16.4. The number of aliphatic hydroxyl groups excluding tert-OH is 1. The van der Waals surface area contributed by atoms with E-state index in [1.807, 2.05) is 43.3 Å². The first-order valence-electron chi connectivity index (χ1n) is 11.3. The smallest absolute Gasteiger partial charge is 0.295 e. The van der Waals surface area contributed by atoms with Crippen LogP contribution in [0.15, 0.2) is 78.4 Å². The van der Waals surface area contributed by atoms with Crippen LogP contribution in [0.5, 0.6) is 5.75 Å². The lowest BCUT2D eigenvalue weighted by Gasteiger charge is -2.25. The van der Waals surface area contributed by atoms with Gasteiger partial charge in [0.1, 0.15) is 17.6 Å². The number of carbonyl (C=O) groups excluding carboxylic acids is 2. The molecular weight excluding hydrogens is 450 g/mol. The van der Waals surface area contributed by atoms with E-state index in [1.54, 1.807) is 41.3 Å². The van der Waals surface area contributed by atoms with Crippen LogP contribution in [-0.2, 0) is 22.4 Å². The van der Waals surface area contributed by atoms with Crippen LogP contribution in [0.1, 0.15) is 35.2 Å². The van der Waals surface area contributed by atoms with Crippen molar-refractivity contribution in [3.05, 3.63) is 106 Å². The fourth-order valence-corrected chi connectivity index (χ4v) is 4.85. The van der Waals surface area contributed by atoms with Gasteiger partial charge in [-0.2, -0.15) is 0 Å². The van der Waals surface area contributed by atoms with E-state index in [0.29, 0.717) is 23.6 Å². The van der Waals surface area contributed by atoms with Crippen LogP contribution in [0.2, 0.25) is 5.02 Å². The average molecular weight is 474 g/mol. The van der Waals surface area contributed by atoms with Crippen molar-refractivity contribution in [1.29, 1.82) is 0 Å². The van der Waals surface area contributed by atoms with Gasteiger partial charge in [-0.25, -0.2) is 0 Å². The lowest BCUT2D eigenvalue weighted by molar-refractivity contribution is -0.139. The highest BCUT2D eigenvalue weighted by atomic mass is 35.5. The Hall–Kier alpha value is -3.57. The molecule has 2 aliphatic heterocycles. The highest BCUT2D eigenvalue weighted by molar-refractivity contribution is 6.46. The van der Waals surface area contributed by atoms with Gasteiger partial charge in [-0.1, -0.05) is 54.1 Å². The summed E-state index contributed by atoms with van der Waals surface area (Å²) in [4.78, 5) is 27.9. The zero-order valence-electron chi connectivity index (χ0n) is 18.7. The summed E-state index contributed by atoms with van der Waals surface area (Å²) in [5, 5.41) is 11.9. The molecule has 1 amide bonds. The van der Waals surface area contributed by atoms with Crippen molar-refractivity contribution in [3.63, 3.8) is 0 Å². The molecule has 34 heavy (non-hydrogen) atoms. The largest absolute Gasteiger partial charge is 0.507 e. The molecule has 0 saturated carbocycles. The molecule has 2 atom stereocenters. The van der Waals surface area contributed by atoms with Gasteiger partial charge in [0.2, 0.25) is 0 Å². The molecule has 3 aromatic rings. The number of nitrogens with zero attached hydrogens (tertiary/aromatic N) is 1. The quantitative estimate of drug-likeness (QED) is 0.309. The monoisotopic (exact) mass is 473 g/mol. The van der Waals surface area contributed by atoms with Gasteiger partial charge in [-0.3, -0.25) is 9.59 Å². The van der Waals surface area contributed by atoms with Crippen molar-refractivity contribution >= 4 is 29.1 Å². The van der Waals surface area contributed by atoms with E-state index in [4.69, 9.17) is 16.3 Å². The summed E-state index contributed by atoms with van der Waals surface area (Å²) in [6.45, 7) is 2.33. The molecule has 1 saturated heterocycles. The number of ketones is 1. The van der Waals surface area contributed by atoms with Crippen molar-refractivity contribution in [3.8, 4) is 5.75 Å². The number of ether oxygens (including phenoxy) is 1. The van der Waals surface area contributed by atoms with Crippen LogP contribution in [0.25, 0.3) is 5.76 Å². The number of fused-ring (bicyclic) bond motifs is 1. The number of hydrogen-bond donors (Lipinski definition) is 1. The second-order valence-electron chi connectivity index (χ2n) is 8.73. The predicted octanol–water partition coefficient (Wildman–Crippen LogP) is 5.33. The lowest BCUT2D eigenvalue weighted by atomic mass is 9.94. The molecule has 2 unspecified atom stereocenters. The van der Waals surface area contributed by atoms with Crippen LogP contribution in [-0.4, -0.2) is 34.3 Å². The molecule has 6 heteroatoms. The molecule has 0 radical (unpaired) electrons. The summed E-state index contributed by atoms with van der Waals surface area (Å²) in [5.41, 5.74) is 3.34. The van der Waals surface area contributed by atoms with Crippen molar-refractivity contribution in [2.24, 2.45) is 0 Å². The third-order valence-corrected chi connectivity index (χ3v) is 6.63. The topological polar surface area (TPSA) is 66.8 Å². The van der Waals surface area contributed by atoms with Crippen LogP contribution in [0.4, 0.5) is 0 Å². The number of aliphatic hydroxyl groups is 1. The third kappa shape index (κ3) is 4.08. The normalized spacial score (nSPS) is 20.9. The van der Waals surface area contributed by atoms with Gasteiger partial charge in [-0.15, -0.1) is 0 Å². The average Bonchev–Trinajstić information content (AvgIpc) is 3.34. The summed E-state index contributed by atoms with van der Waals surface area (Å²) in [7, 11) is 0. The van der Waals surface area contributed by atoms with E-state index < -0.39 is 17.7 Å². The van der Waals surface area contributed by atoms with Gasteiger partial charge < -0.3 is 14.7 Å². The minimum Gasteiger partial charge on any atom is -0.507 e. The van der Waals surface area contributed by atoms with Crippen LogP contribution >= 0.6 is 11.6 Å². The van der Waals surface area contributed by atoms with E-state index in [0.717, 1.165) is 28.9 Å². The SMILES string of the molecule is CC1Cc2cc(/C(O)=C3/C(=O)C(=O)N(CCc4ccccc4)C3c3ccc(Cl)cc3)ccc2O1. The Bertz CT molecular complexity index is 1280. The van der Waals surface area contributed by atoms with Crippen molar-refractivity contribution in [2.75, 3.05) is 6.54 Å². The Morgan fingerprint density at radius 1 is 1.06 bits per heavy atom. The van der Waals surface area contributed by atoms with Crippen molar-refractivity contribution in [1.82, 2.24) is 4.90 Å². The molecule has 5 rings (SSSR count). The Morgan fingerprint density at radius 3 is 2.53 bits per heavy atom. The maximum atomic E-state index is 13.2. The van der Waals surface area contributed by atoms with Gasteiger partial charge in [0.05, 0.1) is 11.6 Å². The summed E-state index contributed by atoms with van der Waals surface area (Å²) >= 11 is 6.09. The fraction of sp³-hybridized carbons (Fsp3) is 0.214. The van der Waals surface area contributed by atoms with E-state index in [1.165, 1.54) is 0 Å². The number of likely N-dealkylation sites (tertiary alicyclic amines) is 1. The summed E-state index contributed by atoms with van der Waals surface area (Å²) in [5.74, 6) is -0.698. The molecule has 1 N–H and O–H groups in total. The Balaban J connectivity index is 1.57. The molecule has 0 aromatic heterocycles. The van der Waals surface area contributed by atoms with E-state index in [2.05, 4.69) is 0 Å². The van der Waals surface area contributed by atoms with Crippen LogP contribution in [0, 0.1) is 0 Å². The number of amides is 1. The number of hydrogen-bond acceptors (Lipinski definition) is 4. The van der Waals surface area contributed by atoms with Gasteiger partial charge in [0.25, 0.3) is 11.7 Å². The second-order valence-corrected chi connectivity index (χ2v) is 9.17. The Kier molecular flexibility index (Phi) is 5.88. The Morgan fingerprint density at radius 2 is 1.79 bits per heavy atom. The highest BCUT2D eigenvalue weighted by Crippen LogP contribution is 2.41. The number of rotatable bonds is 5. The molecule has 2 aliphatic rings. The minimum absolute atomic E-state index is 0.0602. The maximum Gasteiger partial charge on any atom is 0.295 e. The second kappa shape index (κ2) is 8.99. The molecule has 172 valence electrons. The van der Waals surface area contributed by atoms with E-state index in [-0.39, 0.29) is 17.4 Å². The van der Waals surface area contributed by atoms with Gasteiger partial charge in [0.15, 0.2) is 0 Å². The third-order valence-electron chi connectivity index (χ3n) is 6.38. The highest BCUT2D eigenvalue weighted by Gasteiger charge is 2.45. The fourth-order valence-electron chi connectivity index (χ4n) is 4.72. The molecule has 0 bridgehead atoms. The zero-order valence-corrected chi connectivity index (χ0v) is 19.5. The lowest BCUT2D eigenvalue weighted by Crippen LogP contribution is -2.31. The zero-order chi connectivity index (χ0) is 23.8. The van der Waals surface area contributed by atoms with Crippen LogP contribution in [0.3, 0.4) is 0 Å². The molecule has 1 fully saturated rings. The molecule has 3 aromatic carbocycles. The van der Waals surface area contributed by atoms with Crippen LogP contribution < -0.4 is 4.74 Å². The number of benzene rings is 3. The molecule has 0 spiro atoms. The molecular formula is C28H24ClNO4.